The second-order valence-corrected chi connectivity index (χ2v) is 7.15. The van der Waals surface area contributed by atoms with Gasteiger partial charge in [0.05, 0.1) is 0 Å². The molecule has 0 aromatic heterocycles. The standard InChI is InChI=1S/C14H26BBr/c1-2-3-4-11-14(16)15-12-7-5-8-13(15)10-6-9-12/h12-14H,2-11H2,1H3. The van der Waals surface area contributed by atoms with Crippen molar-refractivity contribution in [3.05, 3.63) is 0 Å². The zero-order valence-electron chi connectivity index (χ0n) is 10.8. The predicted molar refractivity (Wildman–Crippen MR) is 77.8 cm³/mol. The van der Waals surface area contributed by atoms with Crippen molar-refractivity contribution in [3.8, 4) is 0 Å². The van der Waals surface area contributed by atoms with Gasteiger partial charge in [0.25, 0.3) is 0 Å². The zero-order chi connectivity index (χ0) is 11.4. The van der Waals surface area contributed by atoms with Crippen LogP contribution < -0.4 is 0 Å². The first-order valence-electron chi connectivity index (χ1n) is 7.47. The van der Waals surface area contributed by atoms with Gasteiger partial charge in [-0.15, -0.1) is 0 Å². The Labute approximate surface area is 110 Å². The zero-order valence-corrected chi connectivity index (χ0v) is 12.3. The lowest BCUT2D eigenvalue weighted by Crippen LogP contribution is -2.41. The van der Waals surface area contributed by atoms with Crippen molar-refractivity contribution in [1.29, 1.82) is 0 Å². The van der Waals surface area contributed by atoms with Gasteiger partial charge in [0, 0.05) is 0 Å². The maximum atomic E-state index is 4.03. The fraction of sp³-hybridized carbons (Fsp3) is 1.00. The fourth-order valence-corrected chi connectivity index (χ4v) is 5.29. The van der Waals surface area contributed by atoms with E-state index in [4.69, 9.17) is 0 Å². The second kappa shape index (κ2) is 6.47. The van der Waals surface area contributed by atoms with Gasteiger partial charge in [-0.25, -0.2) is 0 Å². The molecule has 0 radical (unpaired) electrons. The van der Waals surface area contributed by atoms with E-state index in [0.29, 0.717) is 0 Å². The Balaban J connectivity index is 1.86. The summed E-state index contributed by atoms with van der Waals surface area (Å²) in [5, 5.41) is 0. The molecule has 2 aliphatic rings. The smallest absolute Gasteiger partial charge is 0.0980 e. The van der Waals surface area contributed by atoms with E-state index in [0.717, 1.165) is 23.1 Å². The van der Waals surface area contributed by atoms with Crippen molar-refractivity contribution in [2.45, 2.75) is 87.5 Å². The molecule has 2 heterocycles. The highest BCUT2D eigenvalue weighted by atomic mass is 79.9. The lowest BCUT2D eigenvalue weighted by atomic mass is 9.25. The number of fused-ring (bicyclic) bond motifs is 2. The lowest BCUT2D eigenvalue weighted by molar-refractivity contribution is 0.439. The number of hydrogen-bond acceptors (Lipinski definition) is 0. The van der Waals surface area contributed by atoms with Gasteiger partial charge < -0.3 is 0 Å². The van der Waals surface area contributed by atoms with Crippen molar-refractivity contribution in [2.75, 3.05) is 0 Å². The maximum absolute atomic E-state index is 4.03. The molecule has 2 bridgehead atoms. The SMILES string of the molecule is CCCCCC(Br)B1C2CCCC1CCC2. The quantitative estimate of drug-likeness (QED) is 0.357. The molecule has 2 aliphatic heterocycles. The van der Waals surface area contributed by atoms with Gasteiger partial charge in [-0.05, 0) is 11.1 Å². The molecule has 92 valence electrons. The summed E-state index contributed by atoms with van der Waals surface area (Å²) in [5.41, 5.74) is 0. The van der Waals surface area contributed by atoms with Crippen LogP contribution in [0.1, 0.15) is 71.1 Å². The van der Waals surface area contributed by atoms with Crippen molar-refractivity contribution < 1.29 is 0 Å². The minimum absolute atomic E-state index is 0.828. The molecule has 2 heteroatoms. The highest BCUT2D eigenvalue weighted by molar-refractivity contribution is 9.10. The van der Waals surface area contributed by atoms with Crippen LogP contribution in [0.4, 0.5) is 0 Å². The van der Waals surface area contributed by atoms with Gasteiger partial charge in [-0.1, -0.05) is 92.3 Å². The molecule has 1 atom stereocenters. The molecule has 2 saturated heterocycles. The van der Waals surface area contributed by atoms with Crippen LogP contribution >= 0.6 is 15.9 Å². The summed E-state index contributed by atoms with van der Waals surface area (Å²) < 4.78 is 0.828. The van der Waals surface area contributed by atoms with Crippen LogP contribution in [-0.2, 0) is 0 Å². The predicted octanol–water partition coefficient (Wildman–Crippen LogP) is 5.47. The number of halogens is 1. The number of unbranched alkanes of at least 4 members (excludes halogenated alkanes) is 2. The molecule has 0 spiro atoms. The third-order valence-electron chi connectivity index (χ3n) is 4.89. The molecule has 0 aliphatic carbocycles. The fourth-order valence-electron chi connectivity index (χ4n) is 4.10. The van der Waals surface area contributed by atoms with Crippen molar-refractivity contribution in [3.63, 3.8) is 0 Å². The van der Waals surface area contributed by atoms with E-state index in [-0.39, 0.29) is 0 Å². The summed E-state index contributed by atoms with van der Waals surface area (Å²) in [7, 11) is 0. The van der Waals surface area contributed by atoms with Gasteiger partial charge in [0.1, 0.15) is 0 Å². The van der Waals surface area contributed by atoms with Gasteiger partial charge in [-0.2, -0.15) is 0 Å². The minimum Gasteiger partial charge on any atom is -0.0980 e. The van der Waals surface area contributed by atoms with Crippen molar-refractivity contribution >= 4 is 22.6 Å². The number of alkyl halides is 1. The van der Waals surface area contributed by atoms with E-state index in [1.165, 1.54) is 64.2 Å². The Bertz CT molecular complexity index is 185. The first kappa shape index (κ1) is 13.0. The molecule has 16 heavy (non-hydrogen) atoms. The van der Waals surface area contributed by atoms with E-state index in [2.05, 4.69) is 22.9 Å². The third-order valence-corrected chi connectivity index (χ3v) is 5.96. The van der Waals surface area contributed by atoms with Gasteiger partial charge in [-0.3, -0.25) is 0 Å². The Hall–Kier alpha value is 0.545. The molecule has 0 aromatic rings. The summed E-state index contributed by atoms with van der Waals surface area (Å²) in [5.74, 6) is 2.14. The van der Waals surface area contributed by atoms with E-state index in [1.807, 2.05) is 0 Å². The number of rotatable bonds is 5. The van der Waals surface area contributed by atoms with Crippen LogP contribution in [0.15, 0.2) is 0 Å². The molecular formula is C14H26BBr. The molecule has 2 rings (SSSR count). The van der Waals surface area contributed by atoms with E-state index in [1.54, 1.807) is 0 Å². The summed E-state index contributed by atoms with van der Waals surface area (Å²) in [6, 6.07) is 0. The molecule has 0 aromatic carbocycles. The summed E-state index contributed by atoms with van der Waals surface area (Å²) >= 11 is 4.03. The molecule has 0 amide bonds. The average Bonchev–Trinajstić information content (AvgIpc) is 2.28. The first-order chi connectivity index (χ1) is 7.83. The molecule has 0 nitrogen and oxygen atoms in total. The van der Waals surface area contributed by atoms with E-state index >= 15 is 0 Å². The largest absolute Gasteiger partial charge is 0.162 e. The van der Waals surface area contributed by atoms with E-state index in [9.17, 15) is 0 Å². The summed E-state index contributed by atoms with van der Waals surface area (Å²) in [4.78, 5) is 0. The summed E-state index contributed by atoms with van der Waals surface area (Å²) in [6.07, 6.45) is 14.8. The molecule has 0 saturated carbocycles. The van der Waals surface area contributed by atoms with Crippen LogP contribution in [0.25, 0.3) is 0 Å². The Morgan fingerprint density at radius 1 is 1.06 bits per heavy atom. The highest BCUT2D eigenvalue weighted by Gasteiger charge is 2.42. The van der Waals surface area contributed by atoms with Crippen LogP contribution in [0.2, 0.25) is 11.6 Å². The van der Waals surface area contributed by atoms with Gasteiger partial charge in [0.2, 0.25) is 0 Å². The average molecular weight is 285 g/mol. The summed E-state index contributed by atoms with van der Waals surface area (Å²) in [6.45, 7) is 3.33. The Morgan fingerprint density at radius 2 is 1.62 bits per heavy atom. The van der Waals surface area contributed by atoms with Crippen molar-refractivity contribution in [2.24, 2.45) is 0 Å². The molecular weight excluding hydrogens is 259 g/mol. The topological polar surface area (TPSA) is 0 Å². The van der Waals surface area contributed by atoms with Crippen LogP contribution in [0, 0.1) is 0 Å². The van der Waals surface area contributed by atoms with Gasteiger partial charge >= 0.3 is 0 Å². The van der Waals surface area contributed by atoms with Crippen molar-refractivity contribution in [1.82, 2.24) is 0 Å². The monoisotopic (exact) mass is 284 g/mol. The third kappa shape index (κ3) is 3.06. The normalized spacial score (nSPS) is 31.5. The van der Waals surface area contributed by atoms with Crippen LogP contribution in [-0.4, -0.2) is 11.4 Å². The minimum atomic E-state index is 0.828. The highest BCUT2D eigenvalue weighted by Crippen LogP contribution is 2.49. The molecule has 2 fully saturated rings. The molecule has 1 unspecified atom stereocenters. The molecule has 0 N–H and O–H groups in total. The van der Waals surface area contributed by atoms with Crippen LogP contribution in [0.5, 0.6) is 0 Å². The van der Waals surface area contributed by atoms with E-state index < -0.39 is 0 Å². The number of hydrogen-bond donors (Lipinski definition) is 0. The second-order valence-electron chi connectivity index (χ2n) is 5.97. The van der Waals surface area contributed by atoms with Crippen LogP contribution in [0.3, 0.4) is 0 Å². The lowest BCUT2D eigenvalue weighted by Gasteiger charge is -2.42. The first-order valence-corrected chi connectivity index (χ1v) is 8.38. The Kier molecular flexibility index (Phi) is 5.25. The van der Waals surface area contributed by atoms with Gasteiger partial charge in [0.15, 0.2) is 6.71 Å². The Morgan fingerprint density at radius 3 is 2.12 bits per heavy atom. The maximum Gasteiger partial charge on any atom is 0.162 e.